The molecule has 0 unspecified atom stereocenters. The van der Waals surface area contributed by atoms with Crippen molar-refractivity contribution in [2.24, 2.45) is 0 Å². The molecule has 0 saturated heterocycles. The van der Waals surface area contributed by atoms with Gasteiger partial charge in [0.25, 0.3) is 0 Å². The Hall–Kier alpha value is -2.54. The van der Waals surface area contributed by atoms with Crippen LogP contribution < -0.4 is 0 Å². The van der Waals surface area contributed by atoms with E-state index in [0.29, 0.717) is 6.67 Å². The number of hydrogen-bond donors (Lipinski definition) is 0. The highest BCUT2D eigenvalue weighted by Crippen LogP contribution is 2.13. The maximum Gasteiger partial charge on any atom is 0.224 e. The lowest BCUT2D eigenvalue weighted by molar-refractivity contribution is -0.126. The standard InChI is InChI=1S/C15H15N3O/c1-13(19)18-10-9-17(12-18)11-15-6-4-14(5-7-15)3-2-8-16/h2-7,9-10H,11-12H2,1H3. The van der Waals surface area contributed by atoms with Gasteiger partial charge in [0, 0.05) is 31.9 Å². The molecule has 0 aliphatic carbocycles. The Balaban J connectivity index is 1.94. The molecule has 1 amide bonds. The van der Waals surface area contributed by atoms with Crippen LogP contribution in [0, 0.1) is 11.3 Å². The molecule has 1 heterocycles. The summed E-state index contributed by atoms with van der Waals surface area (Å²) in [5.41, 5.74) is 2.18. The molecule has 0 aromatic heterocycles. The van der Waals surface area contributed by atoms with E-state index >= 15 is 0 Å². The van der Waals surface area contributed by atoms with Gasteiger partial charge in [0.15, 0.2) is 0 Å². The van der Waals surface area contributed by atoms with E-state index in [1.54, 1.807) is 24.1 Å². The number of allylic oxidation sites excluding steroid dienone is 1. The Morgan fingerprint density at radius 3 is 2.68 bits per heavy atom. The number of nitriles is 1. The van der Waals surface area contributed by atoms with Gasteiger partial charge in [-0.05, 0) is 17.2 Å². The second-order valence-electron chi connectivity index (χ2n) is 4.38. The van der Waals surface area contributed by atoms with E-state index in [4.69, 9.17) is 5.26 Å². The van der Waals surface area contributed by atoms with E-state index in [1.165, 1.54) is 11.6 Å². The molecule has 0 atom stereocenters. The maximum atomic E-state index is 11.2. The van der Waals surface area contributed by atoms with Crippen LogP contribution in [0.25, 0.3) is 6.08 Å². The van der Waals surface area contributed by atoms with Crippen LogP contribution in [0.5, 0.6) is 0 Å². The Labute approximate surface area is 112 Å². The summed E-state index contributed by atoms with van der Waals surface area (Å²) in [6, 6.07) is 9.98. The number of nitrogens with zero attached hydrogens (tertiary/aromatic N) is 3. The minimum absolute atomic E-state index is 0.0516. The van der Waals surface area contributed by atoms with E-state index in [-0.39, 0.29) is 5.91 Å². The molecule has 4 nitrogen and oxygen atoms in total. The minimum atomic E-state index is 0.0516. The van der Waals surface area contributed by atoms with Gasteiger partial charge in [0.2, 0.25) is 5.91 Å². The van der Waals surface area contributed by atoms with Crippen molar-refractivity contribution in [3.63, 3.8) is 0 Å². The first-order valence-corrected chi connectivity index (χ1v) is 6.04. The Bertz CT molecular complexity index is 552. The second-order valence-corrected chi connectivity index (χ2v) is 4.38. The molecule has 19 heavy (non-hydrogen) atoms. The fraction of sp³-hybridized carbons (Fsp3) is 0.200. The first-order valence-electron chi connectivity index (χ1n) is 6.04. The fourth-order valence-electron chi connectivity index (χ4n) is 1.87. The minimum Gasteiger partial charge on any atom is -0.354 e. The lowest BCUT2D eigenvalue weighted by Crippen LogP contribution is -2.28. The van der Waals surface area contributed by atoms with Gasteiger partial charge >= 0.3 is 0 Å². The molecule has 1 aliphatic rings. The Kier molecular flexibility index (Phi) is 3.99. The number of amides is 1. The molecule has 0 saturated carbocycles. The zero-order chi connectivity index (χ0) is 13.7. The molecule has 1 aromatic rings. The normalized spacial score (nSPS) is 14.1. The Morgan fingerprint density at radius 1 is 1.37 bits per heavy atom. The largest absolute Gasteiger partial charge is 0.354 e. The predicted molar refractivity (Wildman–Crippen MR) is 73.2 cm³/mol. The zero-order valence-corrected chi connectivity index (χ0v) is 10.8. The van der Waals surface area contributed by atoms with Crippen LogP contribution in [-0.2, 0) is 11.3 Å². The number of rotatable bonds is 3. The van der Waals surface area contributed by atoms with Gasteiger partial charge in [-0.1, -0.05) is 24.3 Å². The summed E-state index contributed by atoms with van der Waals surface area (Å²) in [6.07, 6.45) is 6.96. The van der Waals surface area contributed by atoms with Crippen molar-refractivity contribution in [3.8, 4) is 6.07 Å². The molecular weight excluding hydrogens is 238 g/mol. The van der Waals surface area contributed by atoms with Crippen LogP contribution in [0.3, 0.4) is 0 Å². The summed E-state index contributed by atoms with van der Waals surface area (Å²) in [7, 11) is 0. The summed E-state index contributed by atoms with van der Waals surface area (Å²) >= 11 is 0. The fourth-order valence-corrected chi connectivity index (χ4v) is 1.87. The molecule has 0 radical (unpaired) electrons. The van der Waals surface area contributed by atoms with Gasteiger partial charge in [-0.25, -0.2) is 0 Å². The number of hydrogen-bond acceptors (Lipinski definition) is 3. The summed E-state index contributed by atoms with van der Waals surface area (Å²) in [5, 5.41) is 8.46. The van der Waals surface area contributed by atoms with Crippen LogP contribution >= 0.6 is 0 Å². The average Bonchev–Trinajstić information content (AvgIpc) is 2.87. The van der Waals surface area contributed by atoms with Gasteiger partial charge in [-0.2, -0.15) is 5.26 Å². The molecule has 1 aromatic carbocycles. The maximum absolute atomic E-state index is 11.2. The SMILES string of the molecule is CC(=O)N1C=CN(Cc2ccc(C=CC#N)cc2)C1. The van der Waals surface area contributed by atoms with Crippen molar-refractivity contribution in [3.05, 3.63) is 53.9 Å². The zero-order valence-electron chi connectivity index (χ0n) is 10.8. The number of carbonyl (C=O) groups excluding carboxylic acids is 1. The molecule has 0 spiro atoms. The van der Waals surface area contributed by atoms with E-state index in [9.17, 15) is 4.79 Å². The molecule has 0 bridgehead atoms. The third kappa shape index (κ3) is 3.46. The van der Waals surface area contributed by atoms with Gasteiger partial charge in [-0.15, -0.1) is 0 Å². The van der Waals surface area contributed by atoms with Crippen LogP contribution in [0.2, 0.25) is 0 Å². The highest BCUT2D eigenvalue weighted by Gasteiger charge is 2.15. The highest BCUT2D eigenvalue weighted by molar-refractivity contribution is 5.74. The van der Waals surface area contributed by atoms with Gasteiger partial charge < -0.3 is 4.90 Å². The van der Waals surface area contributed by atoms with Gasteiger partial charge in [-0.3, -0.25) is 9.69 Å². The van der Waals surface area contributed by atoms with Crippen LogP contribution in [0.15, 0.2) is 42.7 Å². The summed E-state index contributed by atoms with van der Waals surface area (Å²) < 4.78 is 0. The lowest BCUT2D eigenvalue weighted by Gasteiger charge is -2.19. The highest BCUT2D eigenvalue weighted by atomic mass is 16.2. The van der Waals surface area contributed by atoms with Gasteiger partial charge in [0.05, 0.1) is 12.7 Å². The summed E-state index contributed by atoms with van der Waals surface area (Å²) in [5.74, 6) is 0.0516. The summed E-state index contributed by atoms with van der Waals surface area (Å²) in [6.45, 7) is 2.93. The molecule has 0 N–H and O–H groups in total. The summed E-state index contributed by atoms with van der Waals surface area (Å²) in [4.78, 5) is 14.9. The van der Waals surface area contributed by atoms with Crippen LogP contribution in [-0.4, -0.2) is 22.4 Å². The van der Waals surface area contributed by atoms with E-state index in [2.05, 4.69) is 4.90 Å². The van der Waals surface area contributed by atoms with E-state index < -0.39 is 0 Å². The van der Waals surface area contributed by atoms with Crippen LogP contribution in [0.4, 0.5) is 0 Å². The van der Waals surface area contributed by atoms with Gasteiger partial charge in [0.1, 0.15) is 0 Å². The van der Waals surface area contributed by atoms with Crippen molar-refractivity contribution in [1.82, 2.24) is 9.80 Å². The Morgan fingerprint density at radius 2 is 2.11 bits per heavy atom. The van der Waals surface area contributed by atoms with Crippen molar-refractivity contribution < 1.29 is 4.79 Å². The third-order valence-electron chi connectivity index (χ3n) is 2.91. The quantitative estimate of drug-likeness (QED) is 0.777. The van der Waals surface area contributed by atoms with Crippen molar-refractivity contribution in [2.75, 3.05) is 6.67 Å². The first-order chi connectivity index (χ1) is 9.19. The van der Waals surface area contributed by atoms with E-state index in [0.717, 1.165) is 12.1 Å². The molecular formula is C15H15N3O. The number of carbonyl (C=O) groups is 1. The molecule has 2 rings (SSSR count). The first kappa shape index (κ1) is 12.9. The third-order valence-corrected chi connectivity index (χ3v) is 2.91. The van der Waals surface area contributed by atoms with E-state index in [1.807, 2.05) is 36.5 Å². The second kappa shape index (κ2) is 5.87. The topological polar surface area (TPSA) is 47.3 Å². The number of benzene rings is 1. The molecule has 0 fully saturated rings. The predicted octanol–water partition coefficient (Wildman–Crippen LogP) is 2.32. The van der Waals surface area contributed by atoms with Crippen molar-refractivity contribution >= 4 is 12.0 Å². The monoisotopic (exact) mass is 253 g/mol. The lowest BCUT2D eigenvalue weighted by atomic mass is 10.1. The van der Waals surface area contributed by atoms with Crippen molar-refractivity contribution in [1.29, 1.82) is 5.26 Å². The molecule has 96 valence electrons. The molecule has 1 aliphatic heterocycles. The average molecular weight is 253 g/mol. The van der Waals surface area contributed by atoms with Crippen LogP contribution in [0.1, 0.15) is 18.1 Å². The van der Waals surface area contributed by atoms with Crippen molar-refractivity contribution in [2.45, 2.75) is 13.5 Å². The smallest absolute Gasteiger partial charge is 0.224 e. The molecule has 4 heteroatoms.